The van der Waals surface area contributed by atoms with Crippen molar-refractivity contribution in [2.75, 3.05) is 6.61 Å². The molecule has 4 aromatic carbocycles. The van der Waals surface area contributed by atoms with Crippen LogP contribution in [0.1, 0.15) is 83.6 Å². The number of hydrogen-bond donors (Lipinski definition) is 0. The van der Waals surface area contributed by atoms with Crippen molar-refractivity contribution < 1.29 is 9.26 Å². The van der Waals surface area contributed by atoms with Crippen molar-refractivity contribution >= 4 is 0 Å². The molecule has 0 aliphatic heterocycles. The number of aryl methyl sites for hydroxylation is 1. The van der Waals surface area contributed by atoms with E-state index in [2.05, 4.69) is 96.8 Å². The van der Waals surface area contributed by atoms with Crippen LogP contribution in [0, 0.1) is 0 Å². The second kappa shape index (κ2) is 16.6. The molecule has 0 spiro atoms. The van der Waals surface area contributed by atoms with Gasteiger partial charge in [-0.25, -0.2) is 0 Å². The van der Waals surface area contributed by atoms with Crippen LogP contribution in [0.3, 0.4) is 0 Å². The third-order valence-electron chi connectivity index (χ3n) is 8.26. The molecule has 5 rings (SSSR count). The zero-order valence-corrected chi connectivity index (χ0v) is 26.4. The lowest BCUT2D eigenvalue weighted by Crippen LogP contribution is -1.96. The summed E-state index contributed by atoms with van der Waals surface area (Å²) in [5.41, 5.74) is 7.95. The predicted molar refractivity (Wildman–Crippen MR) is 183 cm³/mol. The molecule has 0 unspecified atom stereocenters. The number of unbranched alkanes of at least 4 members (excludes halogenated alkanes) is 8. The van der Waals surface area contributed by atoms with Crippen LogP contribution < -0.4 is 4.74 Å². The number of rotatable bonds is 17. The molecule has 1 heterocycles. The molecule has 0 N–H and O–H groups in total. The van der Waals surface area contributed by atoms with Gasteiger partial charge in [0.1, 0.15) is 5.75 Å². The van der Waals surface area contributed by atoms with Crippen LogP contribution in [0.2, 0.25) is 0 Å². The summed E-state index contributed by atoms with van der Waals surface area (Å²) in [7, 11) is 0. The minimum Gasteiger partial charge on any atom is -0.494 e. The number of ether oxygens (including phenoxy) is 1. The number of nitrogens with zero attached hydrogens (tertiary/aromatic N) is 2. The van der Waals surface area contributed by atoms with Crippen LogP contribution in [-0.4, -0.2) is 16.7 Å². The van der Waals surface area contributed by atoms with E-state index in [4.69, 9.17) is 9.26 Å². The second-order valence-electron chi connectivity index (χ2n) is 11.7. The van der Waals surface area contributed by atoms with Gasteiger partial charge in [0, 0.05) is 11.1 Å². The smallest absolute Gasteiger partial charge is 0.258 e. The van der Waals surface area contributed by atoms with E-state index < -0.39 is 0 Å². The standard InChI is InChI=1S/C40H46N2O2/c1-3-5-7-9-10-11-13-31-14-16-32(17-15-31)34-20-24-37(25-21-34)40-41-39(42-44-40)36-22-18-33(19-23-36)35-26-28-38(29-27-35)43-30-12-8-6-4-2/h14-29H,3-13,30H2,1-2H3. The van der Waals surface area contributed by atoms with E-state index in [-0.39, 0.29) is 0 Å². The van der Waals surface area contributed by atoms with Gasteiger partial charge in [-0.15, -0.1) is 0 Å². The van der Waals surface area contributed by atoms with Gasteiger partial charge in [0.05, 0.1) is 6.61 Å². The highest BCUT2D eigenvalue weighted by atomic mass is 16.5. The Hall–Kier alpha value is -4.18. The first-order valence-corrected chi connectivity index (χ1v) is 16.6. The SMILES string of the molecule is CCCCCCCCc1ccc(-c2ccc(-c3nc(-c4ccc(-c5ccc(OCCCCCC)cc5)cc4)no3)cc2)cc1. The lowest BCUT2D eigenvalue weighted by molar-refractivity contribution is 0.305. The van der Waals surface area contributed by atoms with Gasteiger partial charge in [0.25, 0.3) is 5.89 Å². The molecular formula is C40H46N2O2. The van der Waals surface area contributed by atoms with Gasteiger partial charge in [-0.05, 0) is 71.3 Å². The van der Waals surface area contributed by atoms with Gasteiger partial charge in [-0.2, -0.15) is 4.98 Å². The van der Waals surface area contributed by atoms with Crippen molar-refractivity contribution in [3.63, 3.8) is 0 Å². The van der Waals surface area contributed by atoms with Gasteiger partial charge in [0.15, 0.2) is 0 Å². The summed E-state index contributed by atoms with van der Waals surface area (Å²) in [6.45, 7) is 5.27. The molecule has 1 aromatic heterocycles. The monoisotopic (exact) mass is 586 g/mol. The van der Waals surface area contributed by atoms with Gasteiger partial charge in [-0.1, -0.05) is 143 Å². The Balaban J connectivity index is 1.14. The first kappa shape index (κ1) is 31.3. The third-order valence-corrected chi connectivity index (χ3v) is 8.26. The van der Waals surface area contributed by atoms with Crippen molar-refractivity contribution in [3.8, 4) is 50.8 Å². The molecule has 228 valence electrons. The average molecular weight is 587 g/mol. The molecule has 0 amide bonds. The van der Waals surface area contributed by atoms with E-state index in [0.29, 0.717) is 11.7 Å². The predicted octanol–water partition coefficient (Wildman–Crippen LogP) is 11.6. The average Bonchev–Trinajstić information content (AvgIpc) is 3.58. The van der Waals surface area contributed by atoms with Gasteiger partial charge in [0.2, 0.25) is 5.82 Å². The third kappa shape index (κ3) is 8.92. The highest BCUT2D eigenvalue weighted by molar-refractivity contribution is 5.70. The van der Waals surface area contributed by atoms with E-state index in [9.17, 15) is 0 Å². The molecule has 0 fully saturated rings. The minimum absolute atomic E-state index is 0.523. The first-order valence-electron chi connectivity index (χ1n) is 16.6. The number of hydrogen-bond acceptors (Lipinski definition) is 4. The van der Waals surface area contributed by atoms with Crippen molar-refractivity contribution in [1.82, 2.24) is 10.1 Å². The van der Waals surface area contributed by atoms with E-state index in [0.717, 1.165) is 47.5 Å². The minimum atomic E-state index is 0.523. The molecule has 0 saturated carbocycles. The Kier molecular flexibility index (Phi) is 11.8. The maximum absolute atomic E-state index is 5.89. The zero-order valence-electron chi connectivity index (χ0n) is 26.4. The molecule has 4 nitrogen and oxygen atoms in total. The Labute approximate surface area is 263 Å². The van der Waals surface area contributed by atoms with Crippen molar-refractivity contribution in [2.24, 2.45) is 0 Å². The normalized spacial score (nSPS) is 11.1. The molecule has 0 aliphatic rings. The summed E-state index contributed by atoms with van der Waals surface area (Å²) in [6, 6.07) is 33.9. The summed E-state index contributed by atoms with van der Waals surface area (Å²) in [5, 5.41) is 4.26. The Morgan fingerprint density at radius 3 is 1.59 bits per heavy atom. The van der Waals surface area contributed by atoms with Gasteiger partial charge in [-0.3, -0.25) is 0 Å². The topological polar surface area (TPSA) is 48.2 Å². The highest BCUT2D eigenvalue weighted by Crippen LogP contribution is 2.28. The van der Waals surface area contributed by atoms with Crippen molar-refractivity contribution in [2.45, 2.75) is 84.5 Å². The zero-order chi connectivity index (χ0) is 30.4. The molecular weight excluding hydrogens is 540 g/mol. The van der Waals surface area contributed by atoms with Crippen LogP contribution >= 0.6 is 0 Å². The Morgan fingerprint density at radius 1 is 0.500 bits per heavy atom. The molecule has 44 heavy (non-hydrogen) atoms. The lowest BCUT2D eigenvalue weighted by atomic mass is 10.00. The first-order chi connectivity index (χ1) is 21.7. The fourth-order valence-corrected chi connectivity index (χ4v) is 5.51. The van der Waals surface area contributed by atoms with Crippen LogP contribution in [0.25, 0.3) is 45.1 Å². The summed E-state index contributed by atoms with van der Waals surface area (Å²) >= 11 is 0. The molecule has 0 aliphatic carbocycles. The second-order valence-corrected chi connectivity index (χ2v) is 11.7. The molecule has 5 aromatic rings. The molecule has 0 radical (unpaired) electrons. The number of aromatic nitrogens is 2. The number of benzene rings is 4. The summed E-state index contributed by atoms with van der Waals surface area (Å²) in [5.74, 6) is 2.03. The fraction of sp³-hybridized carbons (Fsp3) is 0.350. The molecule has 0 atom stereocenters. The van der Waals surface area contributed by atoms with Crippen molar-refractivity contribution in [3.05, 3.63) is 103 Å². The Morgan fingerprint density at radius 2 is 0.977 bits per heavy atom. The highest BCUT2D eigenvalue weighted by Gasteiger charge is 2.12. The van der Waals surface area contributed by atoms with Gasteiger partial charge < -0.3 is 9.26 Å². The van der Waals surface area contributed by atoms with Crippen molar-refractivity contribution in [1.29, 1.82) is 0 Å². The maximum atomic E-state index is 5.89. The maximum Gasteiger partial charge on any atom is 0.258 e. The van der Waals surface area contributed by atoms with Crippen LogP contribution in [0.4, 0.5) is 0 Å². The largest absolute Gasteiger partial charge is 0.494 e. The molecule has 0 bridgehead atoms. The van der Waals surface area contributed by atoms with Crippen LogP contribution in [-0.2, 0) is 6.42 Å². The lowest BCUT2D eigenvalue weighted by Gasteiger charge is -2.07. The molecule has 4 heteroatoms. The molecule has 0 saturated heterocycles. The Bertz CT molecular complexity index is 1520. The fourth-order valence-electron chi connectivity index (χ4n) is 5.51. The van der Waals surface area contributed by atoms with Gasteiger partial charge >= 0.3 is 0 Å². The quantitative estimate of drug-likeness (QED) is 0.102. The van der Waals surface area contributed by atoms with Crippen LogP contribution in [0.5, 0.6) is 5.75 Å². The summed E-state index contributed by atoms with van der Waals surface area (Å²) in [6.07, 6.45) is 14.0. The van der Waals surface area contributed by atoms with E-state index in [1.54, 1.807) is 0 Å². The van der Waals surface area contributed by atoms with E-state index >= 15 is 0 Å². The summed E-state index contributed by atoms with van der Waals surface area (Å²) < 4.78 is 11.5. The van der Waals surface area contributed by atoms with E-state index in [1.165, 1.54) is 74.5 Å². The van der Waals surface area contributed by atoms with Crippen LogP contribution in [0.15, 0.2) is 102 Å². The summed E-state index contributed by atoms with van der Waals surface area (Å²) in [4.78, 5) is 4.68. The van der Waals surface area contributed by atoms with E-state index in [1.807, 2.05) is 24.3 Å².